The van der Waals surface area contributed by atoms with Gasteiger partial charge < -0.3 is 5.32 Å². The van der Waals surface area contributed by atoms with Crippen LogP contribution in [-0.2, 0) is 11.0 Å². The summed E-state index contributed by atoms with van der Waals surface area (Å²) in [4.78, 5) is 25.9. The summed E-state index contributed by atoms with van der Waals surface area (Å²) in [5.41, 5.74) is 3.15. The maximum Gasteiger partial charge on any atom is 0.416 e. The van der Waals surface area contributed by atoms with Crippen molar-refractivity contribution >= 4 is 29.2 Å². The summed E-state index contributed by atoms with van der Waals surface area (Å²) in [6, 6.07) is 18.4. The molecule has 9 heteroatoms. The summed E-state index contributed by atoms with van der Waals surface area (Å²) in [5.74, 6) is -1.13. The van der Waals surface area contributed by atoms with E-state index in [1.54, 1.807) is 48.5 Å². The number of alkyl halides is 3. The molecule has 1 fully saturated rings. The van der Waals surface area contributed by atoms with Gasteiger partial charge in [0.1, 0.15) is 0 Å². The molecule has 1 heterocycles. The Morgan fingerprint density at radius 1 is 0.938 bits per heavy atom. The summed E-state index contributed by atoms with van der Waals surface area (Å²) in [5, 5.41) is 4.04. The normalized spacial score (nSPS) is 18.4. The van der Waals surface area contributed by atoms with Crippen molar-refractivity contribution in [2.24, 2.45) is 0 Å². The van der Waals surface area contributed by atoms with E-state index >= 15 is 0 Å². The fourth-order valence-corrected chi connectivity index (χ4v) is 3.93. The Bertz CT molecular complexity index is 1140. The molecule has 0 aromatic heterocycles. The van der Waals surface area contributed by atoms with Crippen LogP contribution in [0.1, 0.15) is 28.7 Å². The van der Waals surface area contributed by atoms with Crippen molar-refractivity contribution < 1.29 is 22.8 Å². The van der Waals surface area contributed by atoms with Crippen molar-refractivity contribution in [2.45, 2.75) is 18.1 Å². The van der Waals surface area contributed by atoms with Gasteiger partial charge in [0.25, 0.3) is 0 Å². The third kappa shape index (κ3) is 4.27. The van der Waals surface area contributed by atoms with E-state index in [1.807, 2.05) is 6.07 Å². The molecule has 1 saturated heterocycles. The number of nitrogens with one attached hydrogen (secondary N) is 2. The number of halogens is 4. The number of anilines is 1. The van der Waals surface area contributed by atoms with Crippen LogP contribution in [0, 0.1) is 0 Å². The lowest BCUT2D eigenvalue weighted by Gasteiger charge is -2.27. The first-order valence-electron chi connectivity index (χ1n) is 9.63. The van der Waals surface area contributed by atoms with E-state index in [9.17, 15) is 22.8 Å². The molecular formula is C23H17ClF3N3O2. The van der Waals surface area contributed by atoms with Gasteiger partial charge in [-0.1, -0.05) is 60.1 Å². The van der Waals surface area contributed by atoms with Crippen LogP contribution in [0.2, 0.25) is 5.02 Å². The van der Waals surface area contributed by atoms with Gasteiger partial charge in [0.2, 0.25) is 5.91 Å². The minimum Gasteiger partial charge on any atom is -0.306 e. The Kier molecular flexibility index (Phi) is 5.80. The molecule has 3 amide bonds. The van der Waals surface area contributed by atoms with Gasteiger partial charge in [-0.2, -0.15) is 13.2 Å². The number of nitrogens with zero attached hydrogens (tertiary/aromatic N) is 1. The SMILES string of the molecule is O=C1NN(C(=O)Nc2ccc(C(F)(F)F)cc2)[C@@H](c2ccccc2Cl)[C@@H]1c1ccccc1. The maximum absolute atomic E-state index is 13.0. The van der Waals surface area contributed by atoms with Crippen molar-refractivity contribution in [3.05, 3.63) is 101 Å². The monoisotopic (exact) mass is 459 g/mol. The molecule has 0 spiro atoms. The van der Waals surface area contributed by atoms with Gasteiger partial charge in [0.05, 0.1) is 17.5 Å². The van der Waals surface area contributed by atoms with Crippen LogP contribution in [-0.4, -0.2) is 16.9 Å². The highest BCUT2D eigenvalue weighted by Gasteiger charge is 2.46. The number of hydrogen-bond donors (Lipinski definition) is 2. The van der Waals surface area contributed by atoms with Crippen LogP contribution in [0.3, 0.4) is 0 Å². The predicted octanol–water partition coefficient (Wildman–Crippen LogP) is 5.76. The van der Waals surface area contributed by atoms with Crippen LogP contribution in [0.15, 0.2) is 78.9 Å². The maximum atomic E-state index is 13.0. The summed E-state index contributed by atoms with van der Waals surface area (Å²) in [6.07, 6.45) is -4.48. The van der Waals surface area contributed by atoms with Crippen LogP contribution < -0.4 is 10.7 Å². The Hall–Kier alpha value is -3.52. The topological polar surface area (TPSA) is 61.4 Å². The number of hydrogen-bond acceptors (Lipinski definition) is 2. The average Bonchev–Trinajstić information content (AvgIpc) is 3.11. The molecule has 2 atom stereocenters. The van der Waals surface area contributed by atoms with Gasteiger partial charge in [0, 0.05) is 10.7 Å². The van der Waals surface area contributed by atoms with Gasteiger partial charge in [-0.15, -0.1) is 0 Å². The van der Waals surface area contributed by atoms with Gasteiger partial charge in [-0.05, 0) is 41.5 Å². The fourth-order valence-electron chi connectivity index (χ4n) is 3.68. The molecule has 164 valence electrons. The Morgan fingerprint density at radius 2 is 1.56 bits per heavy atom. The molecule has 32 heavy (non-hydrogen) atoms. The largest absolute Gasteiger partial charge is 0.416 e. The zero-order valence-corrected chi connectivity index (χ0v) is 17.2. The lowest BCUT2D eigenvalue weighted by molar-refractivity contribution is -0.137. The van der Waals surface area contributed by atoms with Gasteiger partial charge >= 0.3 is 12.2 Å². The lowest BCUT2D eigenvalue weighted by Crippen LogP contribution is -2.42. The van der Waals surface area contributed by atoms with Gasteiger partial charge in [-0.3, -0.25) is 10.2 Å². The van der Waals surface area contributed by atoms with E-state index in [1.165, 1.54) is 0 Å². The quantitative estimate of drug-likeness (QED) is 0.523. The third-order valence-corrected chi connectivity index (χ3v) is 5.52. The highest BCUT2D eigenvalue weighted by Crippen LogP contribution is 2.42. The first-order valence-corrected chi connectivity index (χ1v) is 10.0. The number of urea groups is 1. The predicted molar refractivity (Wildman–Crippen MR) is 114 cm³/mol. The lowest BCUT2D eigenvalue weighted by atomic mass is 9.87. The molecule has 0 radical (unpaired) electrons. The number of carbonyl (C=O) groups excluding carboxylic acids is 2. The molecule has 0 bridgehead atoms. The second-order valence-corrected chi connectivity index (χ2v) is 7.61. The molecule has 3 aromatic rings. The summed E-state index contributed by atoms with van der Waals surface area (Å²) >= 11 is 6.39. The minimum atomic E-state index is -4.48. The number of rotatable bonds is 3. The molecule has 0 aliphatic carbocycles. The molecule has 4 rings (SSSR count). The summed E-state index contributed by atoms with van der Waals surface area (Å²) in [7, 11) is 0. The van der Waals surface area contributed by atoms with Crippen LogP contribution in [0.5, 0.6) is 0 Å². The summed E-state index contributed by atoms with van der Waals surface area (Å²) in [6.45, 7) is 0. The molecule has 0 saturated carbocycles. The van der Waals surface area contributed by atoms with Crippen molar-refractivity contribution in [2.75, 3.05) is 5.32 Å². The van der Waals surface area contributed by atoms with Crippen molar-refractivity contribution in [1.82, 2.24) is 10.4 Å². The Balaban J connectivity index is 1.66. The van der Waals surface area contributed by atoms with Gasteiger partial charge in [-0.25, -0.2) is 9.80 Å². The first kappa shape index (κ1) is 21.7. The first-order chi connectivity index (χ1) is 15.3. The van der Waals surface area contributed by atoms with Crippen LogP contribution >= 0.6 is 11.6 Å². The molecule has 0 unspecified atom stereocenters. The van der Waals surface area contributed by atoms with Gasteiger partial charge in [0.15, 0.2) is 0 Å². The molecule has 5 nitrogen and oxygen atoms in total. The molecule has 2 N–H and O–H groups in total. The standard InChI is InChI=1S/C23H17ClF3N3O2/c24-18-9-5-4-8-17(18)20-19(14-6-2-1-3-7-14)21(31)29-30(20)22(32)28-16-12-10-15(11-13-16)23(25,26)27/h1-13,19-20H,(H,28,32)(H,29,31)/t19-,20-/m0/s1. The number of benzene rings is 3. The van der Waals surface area contributed by atoms with E-state index < -0.39 is 35.6 Å². The zero-order chi connectivity index (χ0) is 22.9. The van der Waals surface area contributed by atoms with E-state index in [0.717, 1.165) is 29.3 Å². The van der Waals surface area contributed by atoms with E-state index in [0.29, 0.717) is 16.1 Å². The average molecular weight is 460 g/mol. The molecule has 1 aliphatic heterocycles. The highest BCUT2D eigenvalue weighted by molar-refractivity contribution is 6.31. The highest BCUT2D eigenvalue weighted by atomic mass is 35.5. The van der Waals surface area contributed by atoms with Crippen molar-refractivity contribution in [3.8, 4) is 0 Å². The smallest absolute Gasteiger partial charge is 0.306 e. The molecule has 3 aromatic carbocycles. The zero-order valence-electron chi connectivity index (χ0n) is 16.4. The van der Waals surface area contributed by atoms with Crippen molar-refractivity contribution in [3.63, 3.8) is 0 Å². The second kappa shape index (κ2) is 8.55. The van der Waals surface area contributed by atoms with Crippen molar-refractivity contribution in [1.29, 1.82) is 0 Å². The summed E-state index contributed by atoms with van der Waals surface area (Å²) < 4.78 is 38.4. The fraction of sp³-hybridized carbons (Fsp3) is 0.130. The third-order valence-electron chi connectivity index (χ3n) is 5.17. The molecule has 1 aliphatic rings. The van der Waals surface area contributed by atoms with E-state index in [2.05, 4.69) is 10.7 Å². The van der Waals surface area contributed by atoms with Crippen LogP contribution in [0.25, 0.3) is 0 Å². The Morgan fingerprint density at radius 3 is 2.19 bits per heavy atom. The second-order valence-electron chi connectivity index (χ2n) is 7.21. The Labute approximate surface area is 186 Å². The number of hydrazine groups is 1. The van der Waals surface area contributed by atoms with E-state index in [4.69, 9.17) is 11.6 Å². The van der Waals surface area contributed by atoms with Crippen LogP contribution in [0.4, 0.5) is 23.7 Å². The van der Waals surface area contributed by atoms with E-state index in [-0.39, 0.29) is 5.69 Å². The minimum absolute atomic E-state index is 0.151. The number of amides is 3. The molecular weight excluding hydrogens is 443 g/mol. The number of carbonyl (C=O) groups is 2.